The summed E-state index contributed by atoms with van der Waals surface area (Å²) in [4.78, 5) is 4.62. The molecule has 0 saturated heterocycles. The molecule has 0 aliphatic rings. The first kappa shape index (κ1) is 22.1. The Balaban J connectivity index is 0.00000280. The van der Waals surface area contributed by atoms with Crippen LogP contribution in [0.4, 0.5) is 4.39 Å². The summed E-state index contributed by atoms with van der Waals surface area (Å²) in [7, 11) is 0. The van der Waals surface area contributed by atoms with Gasteiger partial charge in [0.25, 0.3) is 0 Å². The van der Waals surface area contributed by atoms with Crippen molar-refractivity contribution < 1.29 is 4.39 Å². The lowest BCUT2D eigenvalue weighted by Crippen LogP contribution is -2.38. The lowest BCUT2D eigenvalue weighted by Gasteiger charge is -2.12. The molecule has 0 radical (unpaired) electrons. The first-order valence-corrected chi connectivity index (χ1v) is 9.23. The van der Waals surface area contributed by atoms with E-state index in [9.17, 15) is 4.39 Å². The second-order valence-corrected chi connectivity index (χ2v) is 6.30. The van der Waals surface area contributed by atoms with Crippen molar-refractivity contribution in [3.8, 4) is 0 Å². The van der Waals surface area contributed by atoms with Crippen molar-refractivity contribution in [2.45, 2.75) is 26.7 Å². The standard InChI is InChI=1S/C20H25FN6.HI/c1-3-22-20(23-11-9-16-7-8-17(21)14-15(16)2)24-12-10-19-26-25-18-6-4-5-13-27(18)19;/h4-8,13-14H,3,9-12H2,1-2H3,(H2,22,23,24);1H. The molecule has 2 heterocycles. The van der Waals surface area contributed by atoms with Crippen molar-refractivity contribution in [3.05, 3.63) is 65.4 Å². The van der Waals surface area contributed by atoms with Crippen LogP contribution >= 0.6 is 24.0 Å². The van der Waals surface area contributed by atoms with E-state index in [1.54, 1.807) is 6.07 Å². The Hall–Kier alpha value is -2.23. The molecule has 0 aliphatic heterocycles. The van der Waals surface area contributed by atoms with E-state index in [0.29, 0.717) is 13.0 Å². The third kappa shape index (κ3) is 5.88. The van der Waals surface area contributed by atoms with Crippen LogP contribution in [0.3, 0.4) is 0 Å². The number of aliphatic imine (C=N–C) groups is 1. The molecule has 0 saturated carbocycles. The molecule has 2 aromatic heterocycles. The van der Waals surface area contributed by atoms with Crippen LogP contribution in [0.15, 0.2) is 47.6 Å². The Morgan fingerprint density at radius 2 is 2.00 bits per heavy atom. The van der Waals surface area contributed by atoms with Gasteiger partial charge >= 0.3 is 0 Å². The molecular formula is C20H26FIN6. The number of rotatable bonds is 7. The fourth-order valence-electron chi connectivity index (χ4n) is 2.93. The second-order valence-electron chi connectivity index (χ2n) is 6.30. The fourth-order valence-corrected chi connectivity index (χ4v) is 2.93. The highest BCUT2D eigenvalue weighted by atomic mass is 127. The Morgan fingerprint density at radius 3 is 2.79 bits per heavy atom. The topological polar surface area (TPSA) is 66.6 Å². The first-order valence-electron chi connectivity index (χ1n) is 9.23. The number of hydrogen-bond acceptors (Lipinski definition) is 3. The maximum absolute atomic E-state index is 13.2. The van der Waals surface area contributed by atoms with Crippen LogP contribution in [0, 0.1) is 12.7 Å². The van der Waals surface area contributed by atoms with Crippen LogP contribution in [0.1, 0.15) is 23.9 Å². The highest BCUT2D eigenvalue weighted by molar-refractivity contribution is 14.0. The smallest absolute Gasteiger partial charge is 0.191 e. The molecule has 0 aliphatic carbocycles. The van der Waals surface area contributed by atoms with Gasteiger partial charge in [0, 0.05) is 32.3 Å². The molecule has 28 heavy (non-hydrogen) atoms. The minimum atomic E-state index is -0.194. The molecule has 1 aromatic carbocycles. The predicted octanol–water partition coefficient (Wildman–Crippen LogP) is 3.14. The van der Waals surface area contributed by atoms with E-state index in [0.717, 1.165) is 48.1 Å². The molecule has 0 amide bonds. The summed E-state index contributed by atoms with van der Waals surface area (Å²) in [6.45, 7) is 6.09. The maximum Gasteiger partial charge on any atom is 0.191 e. The van der Waals surface area contributed by atoms with Crippen molar-refractivity contribution in [2.75, 3.05) is 19.6 Å². The van der Waals surface area contributed by atoms with E-state index in [1.165, 1.54) is 6.07 Å². The van der Waals surface area contributed by atoms with E-state index in [2.05, 4.69) is 25.8 Å². The number of aromatic nitrogens is 3. The number of guanidine groups is 1. The SMILES string of the molecule is CCNC(=NCCc1nnc2ccccn12)NCCc1ccc(F)cc1C.I. The normalized spacial score (nSPS) is 11.3. The number of nitrogens with one attached hydrogen (secondary N) is 2. The zero-order valence-electron chi connectivity index (χ0n) is 16.2. The Labute approximate surface area is 181 Å². The van der Waals surface area contributed by atoms with Gasteiger partial charge in [0.1, 0.15) is 11.6 Å². The van der Waals surface area contributed by atoms with E-state index >= 15 is 0 Å². The number of benzene rings is 1. The predicted molar refractivity (Wildman–Crippen MR) is 121 cm³/mol. The quantitative estimate of drug-likeness (QED) is 0.300. The van der Waals surface area contributed by atoms with Crippen LogP contribution < -0.4 is 10.6 Å². The fraction of sp³-hybridized carbons (Fsp3) is 0.350. The molecule has 0 fully saturated rings. The maximum atomic E-state index is 13.2. The summed E-state index contributed by atoms with van der Waals surface area (Å²) in [5.74, 6) is 1.47. The van der Waals surface area contributed by atoms with Gasteiger partial charge < -0.3 is 10.6 Å². The average molecular weight is 496 g/mol. The third-order valence-corrected chi connectivity index (χ3v) is 4.33. The number of nitrogens with zero attached hydrogens (tertiary/aromatic N) is 4. The van der Waals surface area contributed by atoms with Gasteiger partial charge in [-0.3, -0.25) is 9.39 Å². The van der Waals surface area contributed by atoms with E-state index < -0.39 is 0 Å². The number of aryl methyl sites for hydroxylation is 1. The lowest BCUT2D eigenvalue weighted by molar-refractivity contribution is 0.625. The van der Waals surface area contributed by atoms with Crippen LogP contribution in [-0.4, -0.2) is 40.2 Å². The molecule has 0 atom stereocenters. The molecule has 3 rings (SSSR count). The minimum Gasteiger partial charge on any atom is -0.357 e. The highest BCUT2D eigenvalue weighted by Crippen LogP contribution is 2.10. The Kier molecular flexibility index (Phi) is 8.62. The van der Waals surface area contributed by atoms with Crippen LogP contribution in [0.2, 0.25) is 0 Å². The highest BCUT2D eigenvalue weighted by Gasteiger charge is 2.05. The number of halogens is 2. The van der Waals surface area contributed by atoms with Crippen molar-refractivity contribution in [2.24, 2.45) is 4.99 Å². The van der Waals surface area contributed by atoms with Gasteiger partial charge in [0.2, 0.25) is 0 Å². The summed E-state index contributed by atoms with van der Waals surface area (Å²) in [6, 6.07) is 10.8. The summed E-state index contributed by atoms with van der Waals surface area (Å²) in [5.41, 5.74) is 2.95. The van der Waals surface area contributed by atoms with Gasteiger partial charge in [-0.15, -0.1) is 34.2 Å². The molecule has 3 aromatic rings. The number of fused-ring (bicyclic) bond motifs is 1. The van der Waals surface area contributed by atoms with Crippen molar-refractivity contribution in [3.63, 3.8) is 0 Å². The average Bonchev–Trinajstić information content (AvgIpc) is 3.07. The number of hydrogen-bond donors (Lipinski definition) is 2. The van der Waals surface area contributed by atoms with Gasteiger partial charge in [0.15, 0.2) is 11.6 Å². The zero-order chi connectivity index (χ0) is 19.1. The summed E-state index contributed by atoms with van der Waals surface area (Å²) in [6.07, 6.45) is 3.48. The molecule has 2 N–H and O–H groups in total. The van der Waals surface area contributed by atoms with E-state index in [-0.39, 0.29) is 29.8 Å². The molecule has 6 nitrogen and oxygen atoms in total. The minimum absolute atomic E-state index is 0. The van der Waals surface area contributed by atoms with Gasteiger partial charge in [-0.2, -0.15) is 0 Å². The molecular weight excluding hydrogens is 470 g/mol. The molecule has 0 unspecified atom stereocenters. The molecule has 8 heteroatoms. The lowest BCUT2D eigenvalue weighted by atomic mass is 10.1. The Bertz CT molecular complexity index is 924. The summed E-state index contributed by atoms with van der Waals surface area (Å²) in [5, 5.41) is 15.0. The van der Waals surface area contributed by atoms with Crippen LogP contribution in [-0.2, 0) is 12.8 Å². The second kappa shape index (κ2) is 10.9. The number of pyridine rings is 1. The zero-order valence-corrected chi connectivity index (χ0v) is 18.5. The molecule has 0 spiro atoms. The van der Waals surface area contributed by atoms with Gasteiger partial charge in [-0.1, -0.05) is 12.1 Å². The van der Waals surface area contributed by atoms with Crippen molar-refractivity contribution >= 4 is 35.6 Å². The molecule has 150 valence electrons. The van der Waals surface area contributed by atoms with Crippen molar-refractivity contribution in [1.29, 1.82) is 0 Å². The monoisotopic (exact) mass is 496 g/mol. The Morgan fingerprint density at radius 1 is 1.14 bits per heavy atom. The largest absolute Gasteiger partial charge is 0.357 e. The molecule has 0 bridgehead atoms. The van der Waals surface area contributed by atoms with Crippen LogP contribution in [0.5, 0.6) is 0 Å². The van der Waals surface area contributed by atoms with E-state index in [4.69, 9.17) is 0 Å². The first-order chi connectivity index (χ1) is 13.2. The summed E-state index contributed by atoms with van der Waals surface area (Å²) >= 11 is 0. The van der Waals surface area contributed by atoms with Gasteiger partial charge in [-0.05, 0) is 55.7 Å². The van der Waals surface area contributed by atoms with Gasteiger partial charge in [-0.25, -0.2) is 4.39 Å². The van der Waals surface area contributed by atoms with E-state index in [1.807, 2.05) is 48.7 Å². The third-order valence-electron chi connectivity index (χ3n) is 4.33. The summed E-state index contributed by atoms with van der Waals surface area (Å²) < 4.78 is 15.2. The van der Waals surface area contributed by atoms with Gasteiger partial charge in [0.05, 0.1) is 0 Å². The van der Waals surface area contributed by atoms with Crippen LogP contribution in [0.25, 0.3) is 5.65 Å². The van der Waals surface area contributed by atoms with Crippen molar-refractivity contribution in [1.82, 2.24) is 25.2 Å².